The Morgan fingerprint density at radius 2 is 2.00 bits per heavy atom. The predicted molar refractivity (Wildman–Crippen MR) is 90.8 cm³/mol. The van der Waals surface area contributed by atoms with Gasteiger partial charge in [-0.3, -0.25) is 9.59 Å². The molecule has 0 aromatic heterocycles. The number of anilines is 1. The number of para-hydroxylation sites is 1. The van der Waals surface area contributed by atoms with E-state index in [2.05, 4.69) is 22.8 Å². The Hall–Kier alpha value is -2.30. The third kappa shape index (κ3) is 2.48. The molecule has 0 saturated heterocycles. The van der Waals surface area contributed by atoms with Crippen LogP contribution in [-0.4, -0.2) is 30.1 Å². The summed E-state index contributed by atoms with van der Waals surface area (Å²) >= 11 is 0. The molecule has 2 bridgehead atoms. The molecular formula is C19H22N2O3. The topological polar surface area (TPSA) is 78.4 Å². The zero-order valence-electron chi connectivity index (χ0n) is 13.5. The average molecular weight is 326 g/mol. The summed E-state index contributed by atoms with van der Waals surface area (Å²) in [5.74, 6) is 0.788. The number of allylic oxidation sites excluding steroid dienone is 2. The highest BCUT2D eigenvalue weighted by Crippen LogP contribution is 2.69. The molecule has 0 aliphatic heterocycles. The lowest BCUT2D eigenvalue weighted by Gasteiger charge is -2.20. The summed E-state index contributed by atoms with van der Waals surface area (Å²) in [6, 6.07) is 7.04. The fourth-order valence-corrected chi connectivity index (χ4v) is 4.68. The van der Waals surface area contributed by atoms with Crippen molar-refractivity contribution in [3.8, 4) is 0 Å². The molecule has 2 saturated carbocycles. The van der Waals surface area contributed by atoms with Gasteiger partial charge in [0.15, 0.2) is 0 Å². The molecule has 2 fully saturated rings. The first-order valence-corrected chi connectivity index (χ1v) is 8.61. The number of amides is 1. The minimum absolute atomic E-state index is 0.139. The zero-order valence-corrected chi connectivity index (χ0v) is 13.5. The Morgan fingerprint density at radius 3 is 2.71 bits per heavy atom. The number of rotatable bonds is 6. The molecule has 1 amide bonds. The number of carbonyl (C=O) groups excluding carboxylic acids is 1. The molecule has 0 radical (unpaired) electrons. The summed E-state index contributed by atoms with van der Waals surface area (Å²) in [5, 5.41) is 14.7. The zero-order chi connectivity index (χ0) is 16.7. The number of carboxylic acid groups (broad SMARTS) is 1. The number of hydrogen-bond donors (Lipinski definition) is 3. The molecule has 0 unspecified atom stereocenters. The second-order valence-electron chi connectivity index (χ2n) is 7.25. The Labute approximate surface area is 141 Å². The van der Waals surface area contributed by atoms with Crippen LogP contribution in [-0.2, 0) is 4.79 Å². The molecule has 5 heteroatoms. The van der Waals surface area contributed by atoms with E-state index in [-0.39, 0.29) is 12.5 Å². The highest BCUT2D eigenvalue weighted by atomic mass is 16.4. The van der Waals surface area contributed by atoms with Crippen LogP contribution in [0.25, 0.3) is 0 Å². The number of hydrogen-bond acceptors (Lipinski definition) is 3. The largest absolute Gasteiger partial charge is 0.480 e. The molecule has 0 heterocycles. The van der Waals surface area contributed by atoms with Crippen LogP contribution in [0.3, 0.4) is 0 Å². The lowest BCUT2D eigenvalue weighted by atomic mass is 9.89. The van der Waals surface area contributed by atoms with Crippen LogP contribution in [0.2, 0.25) is 0 Å². The normalized spacial score (nSPS) is 28.1. The molecule has 3 atom stereocenters. The third-order valence-electron chi connectivity index (χ3n) is 5.97. The van der Waals surface area contributed by atoms with E-state index in [1.807, 2.05) is 0 Å². The SMILES string of the molecule is O=C(O)CNc1ccccc1C(=O)NC[C@@H]1C[C@@H]2C=C[C@@H]1C21CC1. The quantitative estimate of drug-likeness (QED) is 0.702. The summed E-state index contributed by atoms with van der Waals surface area (Å²) in [6.07, 6.45) is 8.59. The number of nitrogens with one attached hydrogen (secondary N) is 2. The van der Waals surface area contributed by atoms with Gasteiger partial charge in [-0.2, -0.15) is 0 Å². The Morgan fingerprint density at radius 1 is 1.21 bits per heavy atom. The maximum atomic E-state index is 12.5. The summed E-state index contributed by atoms with van der Waals surface area (Å²) in [6.45, 7) is 0.489. The predicted octanol–water partition coefficient (Wildman–Crippen LogP) is 2.52. The molecule has 1 aromatic carbocycles. The first-order valence-electron chi connectivity index (χ1n) is 8.61. The standard InChI is InChI=1S/C19H22N2O3/c22-17(23)11-20-16-4-2-1-3-14(16)18(24)21-10-12-9-13-5-6-15(12)19(13)7-8-19/h1-6,12-13,15,20H,7-11H2,(H,21,24)(H,22,23)/t12-,13-,15-/m0/s1. The van der Waals surface area contributed by atoms with E-state index in [1.165, 1.54) is 19.3 Å². The number of carboxylic acids is 1. The third-order valence-corrected chi connectivity index (χ3v) is 5.97. The second-order valence-corrected chi connectivity index (χ2v) is 7.25. The maximum Gasteiger partial charge on any atom is 0.322 e. The monoisotopic (exact) mass is 326 g/mol. The van der Waals surface area contributed by atoms with E-state index in [4.69, 9.17) is 5.11 Å². The lowest BCUT2D eigenvalue weighted by Crippen LogP contribution is -2.32. The molecule has 4 rings (SSSR count). The van der Waals surface area contributed by atoms with Gasteiger partial charge in [0.1, 0.15) is 6.54 Å². The first-order chi connectivity index (χ1) is 11.6. The summed E-state index contributed by atoms with van der Waals surface area (Å²) in [5.41, 5.74) is 1.60. The van der Waals surface area contributed by atoms with Gasteiger partial charge in [0.2, 0.25) is 0 Å². The molecule has 24 heavy (non-hydrogen) atoms. The van der Waals surface area contributed by atoms with Crippen molar-refractivity contribution in [2.24, 2.45) is 23.2 Å². The molecule has 1 spiro atoms. The van der Waals surface area contributed by atoms with E-state index in [0.29, 0.717) is 41.0 Å². The Kier molecular flexibility index (Phi) is 3.59. The van der Waals surface area contributed by atoms with Crippen LogP contribution < -0.4 is 10.6 Å². The van der Waals surface area contributed by atoms with Crippen molar-refractivity contribution in [1.29, 1.82) is 0 Å². The van der Waals surface area contributed by atoms with E-state index < -0.39 is 5.97 Å². The van der Waals surface area contributed by atoms with Crippen LogP contribution in [0.5, 0.6) is 0 Å². The lowest BCUT2D eigenvalue weighted by molar-refractivity contribution is -0.134. The van der Waals surface area contributed by atoms with Crippen molar-refractivity contribution in [3.63, 3.8) is 0 Å². The van der Waals surface area contributed by atoms with Gasteiger partial charge >= 0.3 is 5.97 Å². The molecule has 126 valence electrons. The second kappa shape index (κ2) is 5.65. The van der Waals surface area contributed by atoms with Gasteiger partial charge in [-0.15, -0.1) is 0 Å². The Bertz CT molecular complexity index is 708. The maximum absolute atomic E-state index is 12.5. The number of benzene rings is 1. The van der Waals surface area contributed by atoms with Crippen LogP contribution in [0, 0.1) is 23.2 Å². The molecule has 1 aromatic rings. The van der Waals surface area contributed by atoms with Crippen molar-refractivity contribution in [1.82, 2.24) is 5.32 Å². The van der Waals surface area contributed by atoms with E-state index in [1.54, 1.807) is 24.3 Å². The fraction of sp³-hybridized carbons (Fsp3) is 0.474. The average Bonchev–Trinajstić information content (AvgIpc) is 3.25. The molecule has 3 aliphatic rings. The van der Waals surface area contributed by atoms with Crippen LogP contribution >= 0.6 is 0 Å². The minimum Gasteiger partial charge on any atom is -0.480 e. The Balaban J connectivity index is 1.39. The van der Waals surface area contributed by atoms with Gasteiger partial charge in [0.25, 0.3) is 5.91 Å². The summed E-state index contributed by atoms with van der Waals surface area (Å²) in [4.78, 5) is 23.3. The van der Waals surface area contributed by atoms with Gasteiger partial charge in [0, 0.05) is 12.2 Å². The van der Waals surface area contributed by atoms with Gasteiger partial charge in [-0.25, -0.2) is 0 Å². The van der Waals surface area contributed by atoms with Crippen molar-refractivity contribution in [3.05, 3.63) is 42.0 Å². The van der Waals surface area contributed by atoms with Crippen molar-refractivity contribution < 1.29 is 14.7 Å². The van der Waals surface area contributed by atoms with E-state index in [9.17, 15) is 9.59 Å². The van der Waals surface area contributed by atoms with E-state index >= 15 is 0 Å². The van der Waals surface area contributed by atoms with Crippen molar-refractivity contribution in [2.45, 2.75) is 19.3 Å². The minimum atomic E-state index is -0.950. The van der Waals surface area contributed by atoms with Gasteiger partial charge in [0.05, 0.1) is 5.56 Å². The molecule has 3 N–H and O–H groups in total. The highest BCUT2D eigenvalue weighted by Gasteiger charge is 2.62. The molecule has 5 nitrogen and oxygen atoms in total. The fourth-order valence-electron chi connectivity index (χ4n) is 4.68. The highest BCUT2D eigenvalue weighted by molar-refractivity contribution is 5.99. The van der Waals surface area contributed by atoms with E-state index in [0.717, 1.165) is 0 Å². The van der Waals surface area contributed by atoms with Gasteiger partial charge in [-0.05, 0) is 54.6 Å². The smallest absolute Gasteiger partial charge is 0.322 e. The number of carbonyl (C=O) groups is 2. The number of aliphatic carboxylic acids is 1. The molecule has 3 aliphatic carbocycles. The van der Waals surface area contributed by atoms with Gasteiger partial charge in [-0.1, -0.05) is 24.3 Å². The summed E-state index contributed by atoms with van der Waals surface area (Å²) < 4.78 is 0. The molecular weight excluding hydrogens is 304 g/mol. The first kappa shape index (κ1) is 15.2. The van der Waals surface area contributed by atoms with Crippen LogP contribution in [0.4, 0.5) is 5.69 Å². The summed E-state index contributed by atoms with van der Waals surface area (Å²) in [7, 11) is 0. The van der Waals surface area contributed by atoms with Crippen LogP contribution in [0.1, 0.15) is 29.6 Å². The van der Waals surface area contributed by atoms with Gasteiger partial charge < -0.3 is 15.7 Å². The van der Waals surface area contributed by atoms with Crippen molar-refractivity contribution in [2.75, 3.05) is 18.4 Å². The van der Waals surface area contributed by atoms with Crippen molar-refractivity contribution >= 4 is 17.6 Å². The van der Waals surface area contributed by atoms with Crippen LogP contribution in [0.15, 0.2) is 36.4 Å².